The lowest BCUT2D eigenvalue weighted by atomic mass is 9.78. The van der Waals surface area contributed by atoms with Crippen molar-refractivity contribution in [3.8, 4) is 0 Å². The second kappa shape index (κ2) is 5.91. The summed E-state index contributed by atoms with van der Waals surface area (Å²) in [6, 6.07) is 0.390. The quantitative estimate of drug-likeness (QED) is 0.752. The second-order valence-corrected chi connectivity index (χ2v) is 6.04. The Hall–Kier alpha value is -0.770. The monoisotopic (exact) mass is 254 g/mol. The molecule has 0 bridgehead atoms. The number of urea groups is 1. The van der Waals surface area contributed by atoms with Gasteiger partial charge in [-0.2, -0.15) is 0 Å². The Balaban J connectivity index is 1.83. The normalized spacial score (nSPS) is 34.4. The molecule has 3 atom stereocenters. The molecule has 0 radical (unpaired) electrons. The van der Waals surface area contributed by atoms with Crippen LogP contribution in [-0.2, 0) is 0 Å². The van der Waals surface area contributed by atoms with E-state index in [0.29, 0.717) is 43.8 Å². The fourth-order valence-corrected chi connectivity index (χ4v) is 3.10. The number of piperidine rings is 1. The maximum Gasteiger partial charge on any atom is 0.317 e. The molecule has 1 saturated heterocycles. The molecule has 0 aromatic heterocycles. The molecule has 1 saturated carbocycles. The van der Waals surface area contributed by atoms with Gasteiger partial charge in [-0.1, -0.05) is 26.7 Å². The Labute approximate surface area is 110 Å². The average Bonchev–Trinajstić information content (AvgIpc) is 2.36. The maximum atomic E-state index is 12.2. The molecule has 104 valence electrons. The van der Waals surface area contributed by atoms with Crippen LogP contribution in [-0.4, -0.2) is 41.3 Å². The van der Waals surface area contributed by atoms with Gasteiger partial charge in [0.2, 0.25) is 0 Å². The second-order valence-electron chi connectivity index (χ2n) is 6.04. The van der Waals surface area contributed by atoms with Crippen molar-refractivity contribution in [2.24, 2.45) is 11.8 Å². The number of amides is 2. The summed E-state index contributed by atoms with van der Waals surface area (Å²) in [5, 5.41) is 12.6. The van der Waals surface area contributed by atoms with E-state index in [1.165, 1.54) is 12.8 Å². The van der Waals surface area contributed by atoms with Crippen LogP contribution in [0.3, 0.4) is 0 Å². The highest BCUT2D eigenvalue weighted by molar-refractivity contribution is 5.74. The number of nitrogens with zero attached hydrogens (tertiary/aromatic N) is 1. The molecular formula is C14H26N2O2. The fraction of sp³-hybridized carbons (Fsp3) is 0.929. The van der Waals surface area contributed by atoms with Crippen LogP contribution in [0, 0.1) is 11.8 Å². The molecule has 2 amide bonds. The number of nitrogens with one attached hydrogen (secondary N) is 1. The maximum absolute atomic E-state index is 12.2. The molecule has 4 nitrogen and oxygen atoms in total. The summed E-state index contributed by atoms with van der Waals surface area (Å²) >= 11 is 0. The van der Waals surface area contributed by atoms with Crippen LogP contribution < -0.4 is 5.32 Å². The summed E-state index contributed by atoms with van der Waals surface area (Å²) in [6.07, 6.45) is 4.81. The number of rotatable bonds is 1. The highest BCUT2D eigenvalue weighted by Gasteiger charge is 2.30. The van der Waals surface area contributed by atoms with Gasteiger partial charge < -0.3 is 15.3 Å². The minimum Gasteiger partial charge on any atom is -0.393 e. The van der Waals surface area contributed by atoms with Gasteiger partial charge in [-0.3, -0.25) is 0 Å². The smallest absolute Gasteiger partial charge is 0.317 e. The summed E-state index contributed by atoms with van der Waals surface area (Å²) in [7, 11) is 0. The number of aliphatic hydroxyl groups is 1. The lowest BCUT2D eigenvalue weighted by molar-refractivity contribution is 0.0902. The number of carbonyl (C=O) groups is 1. The van der Waals surface area contributed by atoms with Crippen LogP contribution in [0.5, 0.6) is 0 Å². The minimum atomic E-state index is -0.220. The number of hydrogen-bond donors (Lipinski definition) is 2. The van der Waals surface area contributed by atoms with Gasteiger partial charge in [-0.05, 0) is 31.1 Å². The van der Waals surface area contributed by atoms with Crippen molar-refractivity contribution in [2.75, 3.05) is 13.1 Å². The Bertz CT molecular complexity index is 288. The third-order valence-corrected chi connectivity index (χ3v) is 4.77. The molecule has 2 rings (SSSR count). The van der Waals surface area contributed by atoms with Gasteiger partial charge in [0.1, 0.15) is 0 Å². The summed E-state index contributed by atoms with van der Waals surface area (Å²) in [5.74, 6) is 1.27. The SMILES string of the molecule is C[C@@H]1[C@H](C)CCC[C@@H]1NC(=O)N1CCC(O)CC1. The Kier molecular flexibility index (Phi) is 4.49. The Morgan fingerprint density at radius 3 is 2.50 bits per heavy atom. The van der Waals surface area contributed by atoms with Crippen LogP contribution in [0.25, 0.3) is 0 Å². The van der Waals surface area contributed by atoms with Crippen molar-refractivity contribution in [1.82, 2.24) is 10.2 Å². The predicted octanol–water partition coefficient (Wildman–Crippen LogP) is 1.98. The number of aliphatic hydroxyl groups excluding tert-OH is 1. The Morgan fingerprint density at radius 1 is 1.17 bits per heavy atom. The zero-order valence-electron chi connectivity index (χ0n) is 11.6. The van der Waals surface area contributed by atoms with Crippen molar-refractivity contribution >= 4 is 6.03 Å². The van der Waals surface area contributed by atoms with Gasteiger partial charge in [0, 0.05) is 19.1 Å². The van der Waals surface area contributed by atoms with E-state index in [4.69, 9.17) is 0 Å². The summed E-state index contributed by atoms with van der Waals surface area (Å²) in [5.41, 5.74) is 0. The van der Waals surface area contributed by atoms with Crippen LogP contribution >= 0.6 is 0 Å². The molecule has 0 aromatic carbocycles. The first kappa shape index (κ1) is 13.7. The third kappa shape index (κ3) is 3.16. The van der Waals surface area contributed by atoms with Crippen LogP contribution in [0.2, 0.25) is 0 Å². The van der Waals surface area contributed by atoms with Gasteiger partial charge in [0.15, 0.2) is 0 Å². The molecule has 2 N–H and O–H groups in total. The minimum absolute atomic E-state index is 0.0628. The summed E-state index contributed by atoms with van der Waals surface area (Å²) in [6.45, 7) is 5.89. The molecule has 0 unspecified atom stereocenters. The first-order valence-corrected chi connectivity index (χ1v) is 7.31. The molecule has 4 heteroatoms. The Morgan fingerprint density at radius 2 is 1.83 bits per heavy atom. The third-order valence-electron chi connectivity index (χ3n) is 4.77. The topological polar surface area (TPSA) is 52.6 Å². The zero-order chi connectivity index (χ0) is 13.1. The highest BCUT2D eigenvalue weighted by atomic mass is 16.3. The van der Waals surface area contributed by atoms with Gasteiger partial charge in [-0.25, -0.2) is 4.79 Å². The van der Waals surface area contributed by atoms with Crippen molar-refractivity contribution in [3.63, 3.8) is 0 Å². The molecular weight excluding hydrogens is 228 g/mol. The highest BCUT2D eigenvalue weighted by Crippen LogP contribution is 2.29. The average molecular weight is 254 g/mol. The molecule has 0 spiro atoms. The van der Waals surface area contributed by atoms with Crippen molar-refractivity contribution in [1.29, 1.82) is 0 Å². The van der Waals surface area contributed by atoms with E-state index in [2.05, 4.69) is 19.2 Å². The first-order chi connectivity index (χ1) is 8.58. The van der Waals surface area contributed by atoms with Gasteiger partial charge >= 0.3 is 6.03 Å². The van der Waals surface area contributed by atoms with E-state index < -0.39 is 0 Å². The van der Waals surface area contributed by atoms with E-state index in [1.807, 2.05) is 4.90 Å². The van der Waals surface area contributed by atoms with Crippen molar-refractivity contribution < 1.29 is 9.90 Å². The fourth-order valence-electron chi connectivity index (χ4n) is 3.10. The molecule has 1 heterocycles. The molecule has 1 aliphatic heterocycles. The van der Waals surface area contributed by atoms with E-state index in [1.54, 1.807) is 0 Å². The van der Waals surface area contributed by atoms with E-state index in [0.717, 1.165) is 6.42 Å². The van der Waals surface area contributed by atoms with E-state index >= 15 is 0 Å². The van der Waals surface area contributed by atoms with E-state index in [-0.39, 0.29) is 12.1 Å². The lowest BCUT2D eigenvalue weighted by Gasteiger charge is -2.37. The standard InChI is InChI=1S/C14H26N2O2/c1-10-4-3-5-13(11(10)2)15-14(18)16-8-6-12(17)7-9-16/h10-13,17H,3-9H2,1-2H3,(H,15,18)/t10-,11-,13+/m1/s1. The predicted molar refractivity (Wildman–Crippen MR) is 71.3 cm³/mol. The summed E-state index contributed by atoms with van der Waals surface area (Å²) in [4.78, 5) is 14.0. The molecule has 0 aromatic rings. The lowest BCUT2D eigenvalue weighted by Crippen LogP contribution is -2.51. The molecule has 2 fully saturated rings. The number of likely N-dealkylation sites (tertiary alicyclic amines) is 1. The van der Waals surface area contributed by atoms with Crippen molar-refractivity contribution in [3.05, 3.63) is 0 Å². The molecule has 1 aliphatic carbocycles. The first-order valence-electron chi connectivity index (χ1n) is 7.31. The largest absolute Gasteiger partial charge is 0.393 e. The van der Waals surface area contributed by atoms with Crippen molar-refractivity contribution in [2.45, 2.75) is 58.1 Å². The van der Waals surface area contributed by atoms with Gasteiger partial charge in [0.05, 0.1) is 6.10 Å². The zero-order valence-corrected chi connectivity index (χ0v) is 11.6. The van der Waals surface area contributed by atoms with Crippen LogP contribution in [0.1, 0.15) is 46.0 Å². The molecule has 2 aliphatic rings. The van der Waals surface area contributed by atoms with Crippen LogP contribution in [0.4, 0.5) is 4.79 Å². The van der Waals surface area contributed by atoms with Crippen LogP contribution in [0.15, 0.2) is 0 Å². The molecule has 18 heavy (non-hydrogen) atoms. The number of carbonyl (C=O) groups excluding carboxylic acids is 1. The van der Waals surface area contributed by atoms with Gasteiger partial charge in [0.25, 0.3) is 0 Å². The number of hydrogen-bond acceptors (Lipinski definition) is 2. The van der Waals surface area contributed by atoms with E-state index in [9.17, 15) is 9.90 Å². The summed E-state index contributed by atoms with van der Waals surface area (Å²) < 4.78 is 0. The van der Waals surface area contributed by atoms with Gasteiger partial charge in [-0.15, -0.1) is 0 Å².